The molecule has 2 aromatic carbocycles. The molecule has 0 atom stereocenters. The first-order valence-electron chi connectivity index (χ1n) is 8.15. The van der Waals surface area contributed by atoms with Gasteiger partial charge >= 0.3 is 0 Å². The lowest BCUT2D eigenvalue weighted by Gasteiger charge is -2.12. The first-order chi connectivity index (χ1) is 12.8. The zero-order valence-electron chi connectivity index (χ0n) is 14.7. The van der Waals surface area contributed by atoms with Gasteiger partial charge in [-0.2, -0.15) is 5.10 Å². The summed E-state index contributed by atoms with van der Waals surface area (Å²) >= 11 is 5.22. The number of halogens is 3. The van der Waals surface area contributed by atoms with E-state index in [1.807, 2.05) is 13.8 Å². The third-order valence-corrected chi connectivity index (χ3v) is 4.25. The molecule has 0 bridgehead atoms. The lowest BCUT2D eigenvalue weighted by molar-refractivity contribution is 0.586. The summed E-state index contributed by atoms with van der Waals surface area (Å²) in [6, 6.07) is 9.39. The molecule has 0 saturated heterocycles. The Morgan fingerprint density at radius 2 is 1.67 bits per heavy atom. The highest BCUT2D eigenvalue weighted by Crippen LogP contribution is 2.22. The van der Waals surface area contributed by atoms with Crippen LogP contribution in [0, 0.1) is 31.3 Å². The molecule has 3 aromatic rings. The number of thiocarbonyl (C=S) groups is 1. The molecule has 1 aromatic heterocycles. The van der Waals surface area contributed by atoms with Crippen molar-refractivity contribution in [2.24, 2.45) is 0 Å². The zero-order chi connectivity index (χ0) is 19.6. The second kappa shape index (κ2) is 7.79. The van der Waals surface area contributed by atoms with E-state index in [0.29, 0.717) is 17.9 Å². The number of nitrogens with zero attached hydrogens (tertiary/aromatic N) is 2. The van der Waals surface area contributed by atoms with Crippen LogP contribution in [0.3, 0.4) is 0 Å². The van der Waals surface area contributed by atoms with Gasteiger partial charge in [-0.1, -0.05) is 12.1 Å². The molecule has 0 aliphatic rings. The van der Waals surface area contributed by atoms with Crippen molar-refractivity contribution in [1.82, 2.24) is 9.78 Å². The molecule has 0 radical (unpaired) electrons. The van der Waals surface area contributed by atoms with Crippen molar-refractivity contribution in [3.05, 3.63) is 76.9 Å². The SMILES string of the molecule is Cc1nn(Cc2ccc(F)cc2)c(C)c1NC(=S)Nc1ccc(F)cc1F. The molecule has 27 heavy (non-hydrogen) atoms. The fourth-order valence-corrected chi connectivity index (χ4v) is 2.86. The van der Waals surface area contributed by atoms with Crippen LogP contribution >= 0.6 is 12.2 Å². The summed E-state index contributed by atoms with van der Waals surface area (Å²) < 4.78 is 41.6. The van der Waals surface area contributed by atoms with E-state index in [0.717, 1.165) is 23.4 Å². The predicted molar refractivity (Wildman–Crippen MR) is 103 cm³/mol. The van der Waals surface area contributed by atoms with Gasteiger partial charge in [0.15, 0.2) is 5.11 Å². The standard InChI is InChI=1S/C19H17F3N4S/c1-11-18(24-19(27)23-17-8-7-15(21)9-16(17)22)12(2)26(25-11)10-13-3-5-14(20)6-4-13/h3-9H,10H2,1-2H3,(H2,23,24,27). The third-order valence-electron chi connectivity index (χ3n) is 4.04. The lowest BCUT2D eigenvalue weighted by Crippen LogP contribution is -2.20. The molecular formula is C19H17F3N4S. The zero-order valence-corrected chi connectivity index (χ0v) is 15.5. The van der Waals surface area contributed by atoms with E-state index in [1.165, 1.54) is 18.2 Å². The molecule has 1 heterocycles. The number of hydrogen-bond donors (Lipinski definition) is 2. The van der Waals surface area contributed by atoms with Crippen molar-refractivity contribution in [3.63, 3.8) is 0 Å². The van der Waals surface area contributed by atoms with Gasteiger partial charge < -0.3 is 10.6 Å². The Morgan fingerprint density at radius 1 is 1.00 bits per heavy atom. The maximum absolute atomic E-state index is 13.7. The van der Waals surface area contributed by atoms with Gasteiger partial charge in [-0.3, -0.25) is 4.68 Å². The summed E-state index contributed by atoms with van der Waals surface area (Å²) in [5.74, 6) is -1.69. The molecule has 0 spiro atoms. The minimum absolute atomic E-state index is 0.0721. The Kier molecular flexibility index (Phi) is 5.46. The Bertz CT molecular complexity index is 983. The first kappa shape index (κ1) is 18.9. The van der Waals surface area contributed by atoms with Gasteiger partial charge in [0.1, 0.15) is 17.5 Å². The number of hydrogen-bond acceptors (Lipinski definition) is 2. The van der Waals surface area contributed by atoms with E-state index in [2.05, 4.69) is 15.7 Å². The van der Waals surface area contributed by atoms with Crippen LogP contribution < -0.4 is 10.6 Å². The highest BCUT2D eigenvalue weighted by atomic mass is 32.1. The van der Waals surface area contributed by atoms with Crippen LogP contribution in [0.25, 0.3) is 0 Å². The Morgan fingerprint density at radius 3 is 2.33 bits per heavy atom. The van der Waals surface area contributed by atoms with E-state index in [-0.39, 0.29) is 16.6 Å². The minimum atomic E-state index is -0.736. The van der Waals surface area contributed by atoms with Crippen LogP contribution in [-0.4, -0.2) is 14.9 Å². The fraction of sp³-hybridized carbons (Fsp3) is 0.158. The molecule has 0 aliphatic heterocycles. The molecule has 3 rings (SSSR count). The Labute approximate surface area is 160 Å². The van der Waals surface area contributed by atoms with Gasteiger partial charge in [0, 0.05) is 6.07 Å². The molecule has 0 amide bonds. The van der Waals surface area contributed by atoms with Crippen molar-refractivity contribution in [3.8, 4) is 0 Å². The number of aromatic nitrogens is 2. The molecule has 0 fully saturated rings. The molecule has 0 unspecified atom stereocenters. The van der Waals surface area contributed by atoms with Gasteiger partial charge in [-0.05, 0) is 55.9 Å². The van der Waals surface area contributed by atoms with Crippen LogP contribution in [0.4, 0.5) is 24.5 Å². The van der Waals surface area contributed by atoms with Gasteiger partial charge in [-0.15, -0.1) is 0 Å². The summed E-state index contributed by atoms with van der Waals surface area (Å²) in [4.78, 5) is 0. The van der Waals surface area contributed by atoms with Crippen LogP contribution in [0.1, 0.15) is 17.0 Å². The quantitative estimate of drug-likeness (QED) is 0.630. The topological polar surface area (TPSA) is 41.9 Å². The van der Waals surface area contributed by atoms with E-state index in [9.17, 15) is 13.2 Å². The summed E-state index contributed by atoms with van der Waals surface area (Å²) in [5.41, 5.74) is 3.20. The second-order valence-electron chi connectivity index (χ2n) is 6.03. The van der Waals surface area contributed by atoms with Crippen molar-refractivity contribution >= 4 is 28.7 Å². The Hall–Kier alpha value is -2.87. The average Bonchev–Trinajstić information content (AvgIpc) is 2.87. The normalized spacial score (nSPS) is 10.7. The van der Waals surface area contributed by atoms with E-state index >= 15 is 0 Å². The van der Waals surface area contributed by atoms with Gasteiger partial charge in [0.05, 0.1) is 29.3 Å². The molecule has 2 N–H and O–H groups in total. The summed E-state index contributed by atoms with van der Waals surface area (Å²) in [7, 11) is 0. The highest BCUT2D eigenvalue weighted by Gasteiger charge is 2.14. The number of rotatable bonds is 4. The predicted octanol–water partition coefficient (Wildman–Crippen LogP) is 4.77. The molecule has 0 aliphatic carbocycles. The van der Waals surface area contributed by atoms with Gasteiger partial charge in [-0.25, -0.2) is 13.2 Å². The van der Waals surface area contributed by atoms with Gasteiger partial charge in [0.2, 0.25) is 0 Å². The number of benzene rings is 2. The molecule has 4 nitrogen and oxygen atoms in total. The monoisotopic (exact) mass is 390 g/mol. The fourth-order valence-electron chi connectivity index (χ4n) is 2.65. The largest absolute Gasteiger partial charge is 0.330 e. The number of aryl methyl sites for hydroxylation is 1. The molecule has 0 saturated carbocycles. The highest BCUT2D eigenvalue weighted by molar-refractivity contribution is 7.80. The summed E-state index contributed by atoms with van der Waals surface area (Å²) in [6.07, 6.45) is 0. The van der Waals surface area contributed by atoms with Crippen molar-refractivity contribution < 1.29 is 13.2 Å². The third kappa shape index (κ3) is 4.46. The van der Waals surface area contributed by atoms with E-state index in [1.54, 1.807) is 16.8 Å². The van der Waals surface area contributed by atoms with Crippen molar-refractivity contribution in [1.29, 1.82) is 0 Å². The van der Waals surface area contributed by atoms with Crippen molar-refractivity contribution in [2.45, 2.75) is 20.4 Å². The van der Waals surface area contributed by atoms with Crippen LogP contribution in [0.15, 0.2) is 42.5 Å². The molecule has 8 heteroatoms. The van der Waals surface area contributed by atoms with Crippen LogP contribution in [0.2, 0.25) is 0 Å². The number of nitrogens with one attached hydrogen (secondary N) is 2. The summed E-state index contributed by atoms with van der Waals surface area (Å²) in [5, 5.41) is 10.3. The molecular weight excluding hydrogens is 373 g/mol. The maximum Gasteiger partial charge on any atom is 0.175 e. The minimum Gasteiger partial charge on any atom is -0.330 e. The second-order valence-corrected chi connectivity index (χ2v) is 6.44. The number of anilines is 2. The maximum atomic E-state index is 13.7. The van der Waals surface area contributed by atoms with Crippen LogP contribution in [-0.2, 0) is 6.54 Å². The average molecular weight is 390 g/mol. The van der Waals surface area contributed by atoms with E-state index < -0.39 is 11.6 Å². The Balaban J connectivity index is 1.74. The van der Waals surface area contributed by atoms with Crippen molar-refractivity contribution in [2.75, 3.05) is 10.6 Å². The lowest BCUT2D eigenvalue weighted by atomic mass is 10.2. The smallest absolute Gasteiger partial charge is 0.175 e. The summed E-state index contributed by atoms with van der Waals surface area (Å²) in [6.45, 7) is 4.16. The van der Waals surface area contributed by atoms with Gasteiger partial charge in [0.25, 0.3) is 0 Å². The molecule has 140 valence electrons. The van der Waals surface area contributed by atoms with Crippen LogP contribution in [0.5, 0.6) is 0 Å². The first-order valence-corrected chi connectivity index (χ1v) is 8.56. The van der Waals surface area contributed by atoms with E-state index in [4.69, 9.17) is 12.2 Å².